The number of para-hydroxylation sites is 1. The summed E-state index contributed by atoms with van der Waals surface area (Å²) in [6.45, 7) is 3.04. The van der Waals surface area contributed by atoms with Gasteiger partial charge in [-0.1, -0.05) is 12.1 Å². The van der Waals surface area contributed by atoms with Crippen LogP contribution in [0.1, 0.15) is 24.2 Å². The van der Waals surface area contributed by atoms with Crippen molar-refractivity contribution in [3.63, 3.8) is 0 Å². The summed E-state index contributed by atoms with van der Waals surface area (Å²) in [5.41, 5.74) is -0.359. The minimum absolute atomic E-state index is 0.0614. The van der Waals surface area contributed by atoms with E-state index in [2.05, 4.69) is 10.1 Å². The summed E-state index contributed by atoms with van der Waals surface area (Å²) in [5, 5.41) is 11.6. The fourth-order valence-electron chi connectivity index (χ4n) is 1.75. The molecule has 1 aromatic rings. The number of rotatable bonds is 8. The van der Waals surface area contributed by atoms with Crippen molar-refractivity contribution in [1.29, 1.82) is 0 Å². The van der Waals surface area contributed by atoms with Crippen molar-refractivity contribution >= 4 is 29.6 Å². The van der Waals surface area contributed by atoms with Gasteiger partial charge in [-0.25, -0.2) is 9.59 Å². The van der Waals surface area contributed by atoms with Gasteiger partial charge in [0.05, 0.1) is 7.11 Å². The highest BCUT2D eigenvalue weighted by atomic mass is 32.2. The fraction of sp³-hybridized carbons (Fsp3) is 0.400. The van der Waals surface area contributed by atoms with Crippen molar-refractivity contribution in [3.05, 3.63) is 29.8 Å². The molecule has 0 saturated heterocycles. The van der Waals surface area contributed by atoms with E-state index in [1.54, 1.807) is 25.1 Å². The zero-order chi connectivity index (χ0) is 17.4. The highest BCUT2D eigenvalue weighted by Crippen LogP contribution is 2.23. The fourth-order valence-corrected chi connectivity index (χ4v) is 2.60. The summed E-state index contributed by atoms with van der Waals surface area (Å²) in [6, 6.07) is 5.50. The molecule has 0 aliphatic heterocycles. The largest absolute Gasteiger partial charge is 0.479 e. The molecular weight excluding hydrogens is 322 g/mol. The Balaban J connectivity index is 2.65. The average Bonchev–Trinajstić information content (AvgIpc) is 2.50. The topological polar surface area (TPSA) is 102 Å². The van der Waals surface area contributed by atoms with Crippen LogP contribution in [0.3, 0.4) is 0 Å². The molecule has 0 spiro atoms. The smallest absolute Gasteiger partial charge is 0.339 e. The van der Waals surface area contributed by atoms with Crippen molar-refractivity contribution in [2.75, 3.05) is 12.9 Å². The van der Waals surface area contributed by atoms with Crippen LogP contribution in [0, 0.1) is 0 Å². The molecule has 1 aromatic carbocycles. The van der Waals surface area contributed by atoms with Gasteiger partial charge >= 0.3 is 11.9 Å². The minimum Gasteiger partial charge on any atom is -0.479 e. The zero-order valence-electron chi connectivity index (χ0n) is 13.1. The summed E-state index contributed by atoms with van der Waals surface area (Å²) < 4.78 is 10.2. The van der Waals surface area contributed by atoms with Crippen LogP contribution in [-0.4, -0.2) is 47.3 Å². The standard InChI is InChI=1S/C15H19NO6S/c1-9(17)16-12(15(20)21-3)8-23-10(2)22-13-7-5-4-6-11(13)14(18)19/h4-7,10,12H,8H2,1-3H3,(H,16,17)(H,18,19). The van der Waals surface area contributed by atoms with Gasteiger partial charge in [-0.3, -0.25) is 4.79 Å². The molecular formula is C15H19NO6S. The van der Waals surface area contributed by atoms with Gasteiger partial charge in [-0.15, -0.1) is 11.8 Å². The minimum atomic E-state index is -1.08. The lowest BCUT2D eigenvalue weighted by Gasteiger charge is -2.19. The number of carboxylic acid groups (broad SMARTS) is 1. The van der Waals surface area contributed by atoms with Crippen LogP contribution in [0.2, 0.25) is 0 Å². The van der Waals surface area contributed by atoms with E-state index in [-0.39, 0.29) is 23.0 Å². The maximum atomic E-state index is 11.6. The first kappa shape index (κ1) is 18.8. The molecule has 8 heteroatoms. The van der Waals surface area contributed by atoms with Gasteiger partial charge in [-0.05, 0) is 19.1 Å². The van der Waals surface area contributed by atoms with E-state index in [4.69, 9.17) is 9.84 Å². The highest BCUT2D eigenvalue weighted by Gasteiger charge is 2.22. The molecule has 0 aliphatic carbocycles. The first-order valence-electron chi connectivity index (χ1n) is 6.80. The number of esters is 1. The quantitative estimate of drug-likeness (QED) is 0.546. The molecule has 1 amide bonds. The Kier molecular flexibility index (Phi) is 7.40. The van der Waals surface area contributed by atoms with Crippen LogP contribution in [0.25, 0.3) is 0 Å². The SMILES string of the molecule is COC(=O)C(CSC(C)Oc1ccccc1C(=O)O)NC(C)=O. The van der Waals surface area contributed by atoms with Crippen LogP contribution in [-0.2, 0) is 14.3 Å². The zero-order valence-corrected chi connectivity index (χ0v) is 13.9. The molecule has 126 valence electrons. The van der Waals surface area contributed by atoms with Crippen LogP contribution in [0.15, 0.2) is 24.3 Å². The summed E-state index contributed by atoms with van der Waals surface area (Å²) >= 11 is 1.25. The lowest BCUT2D eigenvalue weighted by atomic mass is 10.2. The number of carboxylic acids is 1. The van der Waals surface area contributed by atoms with Gasteiger partial charge in [0.25, 0.3) is 0 Å². The number of aromatic carboxylic acids is 1. The predicted molar refractivity (Wildman–Crippen MR) is 85.6 cm³/mol. The Morgan fingerprint density at radius 1 is 1.30 bits per heavy atom. The van der Waals surface area contributed by atoms with E-state index >= 15 is 0 Å². The molecule has 0 radical (unpaired) electrons. The molecule has 1 rings (SSSR count). The van der Waals surface area contributed by atoms with Gasteiger partial charge in [-0.2, -0.15) is 0 Å². The molecule has 7 nitrogen and oxygen atoms in total. The van der Waals surface area contributed by atoms with Gasteiger partial charge < -0.3 is 19.9 Å². The molecule has 23 heavy (non-hydrogen) atoms. The van der Waals surface area contributed by atoms with E-state index < -0.39 is 23.4 Å². The molecule has 2 N–H and O–H groups in total. The number of carbonyl (C=O) groups excluding carboxylic acids is 2. The third-order valence-corrected chi connectivity index (χ3v) is 3.86. The number of methoxy groups -OCH3 is 1. The second kappa shape index (κ2) is 9.04. The van der Waals surface area contributed by atoms with Gasteiger partial charge in [0.1, 0.15) is 22.8 Å². The van der Waals surface area contributed by atoms with Gasteiger partial charge in [0.15, 0.2) is 0 Å². The Bertz CT molecular complexity index is 577. The maximum Gasteiger partial charge on any atom is 0.339 e. The number of thioether (sulfide) groups is 1. The van der Waals surface area contributed by atoms with Crippen LogP contribution < -0.4 is 10.1 Å². The van der Waals surface area contributed by atoms with E-state index in [1.807, 2.05) is 0 Å². The molecule has 0 aliphatic rings. The first-order valence-corrected chi connectivity index (χ1v) is 7.85. The monoisotopic (exact) mass is 341 g/mol. The van der Waals surface area contributed by atoms with Crippen molar-refractivity contribution in [2.45, 2.75) is 25.3 Å². The van der Waals surface area contributed by atoms with Crippen molar-refractivity contribution in [3.8, 4) is 5.75 Å². The molecule has 0 bridgehead atoms. The number of amides is 1. The van der Waals surface area contributed by atoms with Gasteiger partial charge in [0.2, 0.25) is 5.91 Å². The normalized spacial score (nSPS) is 12.8. The Hall–Kier alpha value is -2.22. The Morgan fingerprint density at radius 2 is 1.96 bits per heavy atom. The number of benzene rings is 1. The number of hydrogen-bond donors (Lipinski definition) is 2. The van der Waals surface area contributed by atoms with E-state index in [0.717, 1.165) is 0 Å². The summed E-state index contributed by atoms with van der Waals surface area (Å²) in [6.07, 6.45) is 0. The summed E-state index contributed by atoms with van der Waals surface area (Å²) in [4.78, 5) is 33.8. The molecule has 0 heterocycles. The first-order chi connectivity index (χ1) is 10.8. The van der Waals surface area contributed by atoms with E-state index in [0.29, 0.717) is 0 Å². The number of nitrogens with one attached hydrogen (secondary N) is 1. The summed E-state index contributed by atoms with van der Waals surface area (Å²) in [7, 11) is 1.24. The number of ether oxygens (including phenoxy) is 2. The molecule has 0 fully saturated rings. The third kappa shape index (κ3) is 6.19. The Morgan fingerprint density at radius 3 is 2.52 bits per heavy atom. The van der Waals surface area contributed by atoms with Crippen LogP contribution >= 0.6 is 11.8 Å². The van der Waals surface area contributed by atoms with Crippen molar-refractivity contribution in [1.82, 2.24) is 5.32 Å². The van der Waals surface area contributed by atoms with Crippen LogP contribution in [0.5, 0.6) is 5.75 Å². The lowest BCUT2D eigenvalue weighted by Crippen LogP contribution is -2.42. The van der Waals surface area contributed by atoms with Gasteiger partial charge in [0, 0.05) is 12.7 Å². The van der Waals surface area contributed by atoms with Crippen molar-refractivity contribution in [2.24, 2.45) is 0 Å². The van der Waals surface area contributed by atoms with Crippen LogP contribution in [0.4, 0.5) is 0 Å². The lowest BCUT2D eigenvalue weighted by molar-refractivity contribution is -0.144. The average molecular weight is 341 g/mol. The Labute approximate surface area is 138 Å². The van der Waals surface area contributed by atoms with Crippen molar-refractivity contribution < 1.29 is 29.0 Å². The second-order valence-corrected chi connectivity index (χ2v) is 5.93. The predicted octanol–water partition coefficient (Wildman–Crippen LogP) is 1.52. The molecule has 0 aromatic heterocycles. The molecule has 2 atom stereocenters. The molecule has 0 saturated carbocycles. The highest BCUT2D eigenvalue weighted by molar-refractivity contribution is 7.99. The summed E-state index contributed by atoms with van der Waals surface area (Å²) in [5.74, 6) is -1.49. The number of hydrogen-bond acceptors (Lipinski definition) is 6. The molecule has 2 unspecified atom stereocenters. The second-order valence-electron chi connectivity index (χ2n) is 4.60. The number of carbonyl (C=O) groups is 3. The maximum absolute atomic E-state index is 11.6. The van der Waals surface area contributed by atoms with E-state index in [1.165, 1.54) is 31.9 Å². The van der Waals surface area contributed by atoms with E-state index in [9.17, 15) is 14.4 Å². The third-order valence-electron chi connectivity index (χ3n) is 2.77.